The first-order chi connectivity index (χ1) is 15.8. The first kappa shape index (κ1) is 26.2. The van der Waals surface area contributed by atoms with Crippen LogP contribution in [0.1, 0.15) is 18.1 Å². The monoisotopic (exact) mass is 489 g/mol. The minimum Gasteiger partial charge on any atom is -0.409 e. The summed E-state index contributed by atoms with van der Waals surface area (Å²) in [5.74, 6) is -2.38. The number of carbonyl (C=O) groups is 2. The van der Waals surface area contributed by atoms with E-state index in [-0.39, 0.29) is 11.4 Å². The lowest BCUT2D eigenvalue weighted by atomic mass is 10.2. The summed E-state index contributed by atoms with van der Waals surface area (Å²) < 4.78 is 81.5. The largest absolute Gasteiger partial charge is 0.416 e. The highest BCUT2D eigenvalue weighted by atomic mass is 19.4. The molecule has 0 fully saturated rings. The molecule has 34 heavy (non-hydrogen) atoms. The van der Waals surface area contributed by atoms with Gasteiger partial charge in [-0.25, -0.2) is 0 Å². The van der Waals surface area contributed by atoms with Crippen LogP contribution in [0.5, 0.6) is 0 Å². The molecule has 0 bridgehead atoms. The molecular formula is C21H17F6N3O4. The zero-order chi connectivity index (χ0) is 25.5. The number of rotatable bonds is 7. The van der Waals surface area contributed by atoms with Gasteiger partial charge in [0.1, 0.15) is 12.7 Å². The van der Waals surface area contributed by atoms with Crippen molar-refractivity contribution in [1.82, 2.24) is 0 Å². The number of hydrogen-bond donors (Lipinski definition) is 2. The third kappa shape index (κ3) is 7.53. The van der Waals surface area contributed by atoms with E-state index >= 15 is 0 Å². The van der Waals surface area contributed by atoms with Gasteiger partial charge in [-0.2, -0.15) is 26.3 Å². The van der Waals surface area contributed by atoms with Crippen molar-refractivity contribution in [2.45, 2.75) is 19.3 Å². The van der Waals surface area contributed by atoms with Crippen LogP contribution < -0.4 is 10.6 Å². The number of carbonyl (C=O) groups excluding carboxylic acids is 2. The average molecular weight is 489 g/mol. The molecule has 7 nitrogen and oxygen atoms in total. The van der Waals surface area contributed by atoms with E-state index in [0.717, 1.165) is 68.8 Å². The Kier molecular flexibility index (Phi) is 8.27. The maximum atomic E-state index is 12.8. The Morgan fingerprint density at radius 1 is 0.824 bits per heavy atom. The fourth-order valence-corrected chi connectivity index (χ4v) is 2.43. The molecule has 0 saturated heterocycles. The summed E-state index contributed by atoms with van der Waals surface area (Å²) in [6, 6.07) is 7.08. The van der Waals surface area contributed by atoms with Gasteiger partial charge >= 0.3 is 18.3 Å². The van der Waals surface area contributed by atoms with Crippen molar-refractivity contribution in [2.24, 2.45) is 5.16 Å². The van der Waals surface area contributed by atoms with Gasteiger partial charge in [0.2, 0.25) is 5.88 Å². The number of alkyl halides is 6. The molecule has 182 valence electrons. The summed E-state index contributed by atoms with van der Waals surface area (Å²) in [6.45, 7) is 1.01. The molecule has 0 radical (unpaired) electrons. The Hall–Kier alpha value is -4.03. The molecule has 0 atom stereocenters. The molecule has 0 aliphatic heterocycles. The first-order valence-corrected chi connectivity index (χ1v) is 9.23. The predicted molar refractivity (Wildman–Crippen MR) is 109 cm³/mol. The van der Waals surface area contributed by atoms with Gasteiger partial charge in [0.15, 0.2) is 0 Å². The molecule has 0 spiro atoms. The van der Waals surface area contributed by atoms with Gasteiger partial charge in [-0.3, -0.25) is 9.59 Å². The molecular weight excluding hydrogens is 472 g/mol. The lowest BCUT2D eigenvalue weighted by Crippen LogP contribution is -2.22. The Balaban J connectivity index is 2.40. The lowest BCUT2D eigenvalue weighted by molar-refractivity contribution is -0.138. The third-order valence-electron chi connectivity index (χ3n) is 3.96. The van der Waals surface area contributed by atoms with Gasteiger partial charge in [0, 0.05) is 18.3 Å². The van der Waals surface area contributed by atoms with Crippen LogP contribution in [0.15, 0.2) is 65.1 Å². The van der Waals surface area contributed by atoms with Crippen molar-refractivity contribution in [2.75, 3.05) is 17.7 Å². The molecule has 2 rings (SSSR count). The van der Waals surface area contributed by atoms with Crippen LogP contribution in [0.25, 0.3) is 0 Å². The topological polar surface area (TPSA) is 89.0 Å². The average Bonchev–Trinajstić information content (AvgIpc) is 2.73. The Labute approximate surface area is 189 Å². The van der Waals surface area contributed by atoms with Crippen molar-refractivity contribution in [1.29, 1.82) is 0 Å². The highest BCUT2D eigenvalue weighted by molar-refractivity contribution is 6.18. The summed E-state index contributed by atoms with van der Waals surface area (Å²) in [5.41, 5.74) is -2.33. The van der Waals surface area contributed by atoms with Crippen LogP contribution in [-0.4, -0.2) is 25.2 Å². The predicted octanol–water partition coefficient (Wildman–Crippen LogP) is 5.18. The Morgan fingerprint density at radius 3 is 1.65 bits per heavy atom. The number of oxime groups is 1. The maximum absolute atomic E-state index is 12.8. The highest BCUT2D eigenvalue weighted by Gasteiger charge is 2.31. The number of nitrogens with zero attached hydrogens (tertiary/aromatic N) is 1. The zero-order valence-corrected chi connectivity index (χ0v) is 17.5. The summed E-state index contributed by atoms with van der Waals surface area (Å²) in [5, 5.41) is 8.24. The number of esters is 1. The molecule has 2 aromatic rings. The van der Waals surface area contributed by atoms with Gasteiger partial charge < -0.3 is 20.2 Å². The summed E-state index contributed by atoms with van der Waals surface area (Å²) >= 11 is 0. The van der Waals surface area contributed by atoms with Crippen LogP contribution in [0.3, 0.4) is 0 Å². The summed E-state index contributed by atoms with van der Waals surface area (Å²) in [7, 11) is 1.15. The number of hydrogen-bond acceptors (Lipinski definition) is 6. The molecule has 0 unspecified atom stereocenters. The molecule has 0 saturated carbocycles. The van der Waals surface area contributed by atoms with Crippen molar-refractivity contribution in [3.05, 3.63) is 71.1 Å². The Morgan fingerprint density at radius 2 is 1.26 bits per heavy atom. The third-order valence-corrected chi connectivity index (χ3v) is 3.96. The number of ether oxygens (including phenoxy) is 1. The smallest absolute Gasteiger partial charge is 0.409 e. The second-order valence-electron chi connectivity index (χ2n) is 6.48. The van der Waals surface area contributed by atoms with E-state index in [2.05, 4.69) is 20.6 Å². The normalized spacial score (nSPS) is 12.7. The molecule has 0 aliphatic rings. The van der Waals surface area contributed by atoms with Crippen molar-refractivity contribution >= 4 is 29.5 Å². The SMILES string of the molecule is CO/N=C\C(C(=O)Nc1ccc(C(F)(F)F)cc1)=C(\Nc1ccc(C(F)(F)F)cc1)OC(C)=O. The molecule has 13 heteroatoms. The lowest BCUT2D eigenvalue weighted by Gasteiger charge is -2.15. The molecule has 0 aliphatic carbocycles. The second-order valence-corrected chi connectivity index (χ2v) is 6.48. The van der Waals surface area contributed by atoms with E-state index in [9.17, 15) is 35.9 Å². The maximum Gasteiger partial charge on any atom is 0.416 e. The molecule has 1 amide bonds. The molecule has 0 aromatic heterocycles. The number of nitrogens with one attached hydrogen (secondary N) is 2. The van der Waals surface area contributed by atoms with Gasteiger partial charge in [0.05, 0.1) is 17.3 Å². The summed E-state index contributed by atoms with van der Waals surface area (Å²) in [4.78, 5) is 28.9. The van der Waals surface area contributed by atoms with E-state index < -0.39 is 46.8 Å². The second kappa shape index (κ2) is 10.7. The van der Waals surface area contributed by atoms with Crippen LogP contribution >= 0.6 is 0 Å². The molecule has 2 aromatic carbocycles. The quantitative estimate of drug-likeness (QED) is 0.140. The first-order valence-electron chi connectivity index (χ1n) is 9.23. The summed E-state index contributed by atoms with van der Waals surface area (Å²) in [6.07, 6.45) is -8.31. The fraction of sp³-hybridized carbons (Fsp3) is 0.190. The number of amides is 1. The van der Waals surface area contributed by atoms with Gasteiger partial charge in [-0.05, 0) is 48.5 Å². The van der Waals surface area contributed by atoms with E-state index in [1.165, 1.54) is 0 Å². The van der Waals surface area contributed by atoms with Crippen molar-refractivity contribution in [3.63, 3.8) is 0 Å². The zero-order valence-electron chi connectivity index (χ0n) is 17.5. The standard InChI is InChI=1S/C21H17F6N3O4/c1-12(31)34-19(30-16-9-5-14(6-10-16)21(25,26)27)17(11-28-33-2)18(32)29-15-7-3-13(4-8-15)20(22,23)24/h3-11,30H,1-2H3,(H,29,32)/b19-17+,28-11-. The van der Waals surface area contributed by atoms with Crippen LogP contribution in [0, 0.1) is 0 Å². The van der Waals surface area contributed by atoms with Crippen molar-refractivity contribution < 1.29 is 45.5 Å². The minimum atomic E-state index is -4.58. The fourth-order valence-electron chi connectivity index (χ4n) is 2.43. The Bertz CT molecular complexity index is 1080. The number of benzene rings is 2. The van der Waals surface area contributed by atoms with Gasteiger partial charge in [0.25, 0.3) is 5.91 Å². The van der Waals surface area contributed by atoms with Crippen LogP contribution in [-0.2, 0) is 31.5 Å². The molecule has 0 heterocycles. The van der Waals surface area contributed by atoms with E-state index in [1.54, 1.807) is 0 Å². The van der Waals surface area contributed by atoms with Crippen LogP contribution in [0.4, 0.5) is 37.7 Å². The molecule has 2 N–H and O–H groups in total. The highest BCUT2D eigenvalue weighted by Crippen LogP contribution is 2.31. The van der Waals surface area contributed by atoms with Crippen molar-refractivity contribution in [3.8, 4) is 0 Å². The van der Waals surface area contributed by atoms with Gasteiger partial charge in [-0.1, -0.05) is 5.16 Å². The van der Waals surface area contributed by atoms with E-state index in [0.29, 0.717) is 0 Å². The van der Waals surface area contributed by atoms with Crippen LogP contribution in [0.2, 0.25) is 0 Å². The number of anilines is 2. The van der Waals surface area contributed by atoms with E-state index in [1.807, 2.05) is 0 Å². The number of halogens is 6. The minimum absolute atomic E-state index is 0.0231. The van der Waals surface area contributed by atoms with E-state index in [4.69, 9.17) is 4.74 Å². The van der Waals surface area contributed by atoms with Gasteiger partial charge in [-0.15, -0.1) is 0 Å².